The van der Waals surface area contributed by atoms with Gasteiger partial charge in [0.05, 0.1) is 25.5 Å². The van der Waals surface area contributed by atoms with Gasteiger partial charge in [-0.2, -0.15) is 5.10 Å². The molecule has 5 nitrogen and oxygen atoms in total. The first-order valence-corrected chi connectivity index (χ1v) is 6.44. The molecule has 0 unspecified atom stereocenters. The van der Waals surface area contributed by atoms with Crippen LogP contribution in [0.15, 0.2) is 35.4 Å². The van der Waals surface area contributed by atoms with Crippen LogP contribution in [0.4, 0.5) is 0 Å². The van der Waals surface area contributed by atoms with Crippen LogP contribution in [0.25, 0.3) is 0 Å². The van der Waals surface area contributed by atoms with Crippen molar-refractivity contribution in [3.8, 4) is 0 Å². The SMILES string of the molecule is CC(=NNC(=O)CN1CCOCC1)c1ccccc1. The molecule has 0 aliphatic carbocycles. The molecule has 1 aromatic carbocycles. The Hall–Kier alpha value is -1.72. The highest BCUT2D eigenvalue weighted by atomic mass is 16.5. The number of carbonyl (C=O) groups excluding carboxylic acids is 1. The summed E-state index contributed by atoms with van der Waals surface area (Å²) < 4.78 is 5.24. The van der Waals surface area contributed by atoms with Gasteiger partial charge in [0, 0.05) is 13.1 Å². The number of hydrogen-bond acceptors (Lipinski definition) is 4. The summed E-state index contributed by atoms with van der Waals surface area (Å²) in [6, 6.07) is 9.78. The summed E-state index contributed by atoms with van der Waals surface area (Å²) in [5.41, 5.74) is 4.41. The molecule has 1 aromatic rings. The van der Waals surface area contributed by atoms with Crippen LogP contribution in [0.2, 0.25) is 0 Å². The van der Waals surface area contributed by atoms with Gasteiger partial charge in [0.25, 0.3) is 5.91 Å². The lowest BCUT2D eigenvalue weighted by molar-refractivity contribution is -0.123. The van der Waals surface area contributed by atoms with E-state index in [0.717, 1.165) is 24.4 Å². The first-order chi connectivity index (χ1) is 9.25. The molecule has 1 aliphatic rings. The summed E-state index contributed by atoms with van der Waals surface area (Å²) in [6.07, 6.45) is 0. The van der Waals surface area contributed by atoms with E-state index in [-0.39, 0.29) is 5.91 Å². The predicted octanol–water partition coefficient (Wildman–Crippen LogP) is 0.859. The van der Waals surface area contributed by atoms with Gasteiger partial charge in [-0.3, -0.25) is 9.69 Å². The molecule has 0 radical (unpaired) electrons. The Labute approximate surface area is 113 Å². The molecule has 1 N–H and O–H groups in total. The second kappa shape index (κ2) is 7.01. The molecule has 5 heteroatoms. The lowest BCUT2D eigenvalue weighted by Gasteiger charge is -2.25. The molecule has 1 aliphatic heterocycles. The van der Waals surface area contributed by atoms with E-state index in [1.807, 2.05) is 37.3 Å². The largest absolute Gasteiger partial charge is 0.379 e. The number of morpholine rings is 1. The van der Waals surface area contributed by atoms with Crippen molar-refractivity contribution < 1.29 is 9.53 Å². The highest BCUT2D eigenvalue weighted by Gasteiger charge is 2.13. The molecule has 0 atom stereocenters. The Morgan fingerprint density at radius 2 is 2.00 bits per heavy atom. The van der Waals surface area contributed by atoms with Crippen molar-refractivity contribution in [2.45, 2.75) is 6.92 Å². The minimum Gasteiger partial charge on any atom is -0.379 e. The van der Waals surface area contributed by atoms with E-state index in [0.29, 0.717) is 19.8 Å². The van der Waals surface area contributed by atoms with Crippen LogP contribution < -0.4 is 5.43 Å². The number of ether oxygens (including phenoxy) is 1. The van der Waals surface area contributed by atoms with Crippen LogP contribution in [0.3, 0.4) is 0 Å². The minimum absolute atomic E-state index is 0.0859. The average Bonchev–Trinajstić information content (AvgIpc) is 2.47. The zero-order valence-corrected chi connectivity index (χ0v) is 11.1. The topological polar surface area (TPSA) is 53.9 Å². The quantitative estimate of drug-likeness (QED) is 0.646. The monoisotopic (exact) mass is 261 g/mol. The lowest BCUT2D eigenvalue weighted by atomic mass is 10.1. The Balaban J connectivity index is 1.82. The molecular weight excluding hydrogens is 242 g/mol. The van der Waals surface area contributed by atoms with Gasteiger partial charge in [-0.25, -0.2) is 5.43 Å². The molecule has 19 heavy (non-hydrogen) atoms. The standard InChI is InChI=1S/C14H19N3O2/c1-12(13-5-3-2-4-6-13)15-16-14(18)11-17-7-9-19-10-8-17/h2-6H,7-11H2,1H3,(H,16,18). The molecule has 1 heterocycles. The summed E-state index contributed by atoms with van der Waals surface area (Å²) in [6.45, 7) is 5.24. The molecule has 102 valence electrons. The van der Waals surface area contributed by atoms with E-state index in [1.54, 1.807) is 0 Å². The molecule has 1 amide bonds. The first-order valence-electron chi connectivity index (χ1n) is 6.44. The van der Waals surface area contributed by atoms with Crippen molar-refractivity contribution in [3.05, 3.63) is 35.9 Å². The number of benzene rings is 1. The maximum absolute atomic E-state index is 11.7. The van der Waals surface area contributed by atoms with Crippen molar-refractivity contribution in [1.29, 1.82) is 0 Å². The zero-order valence-electron chi connectivity index (χ0n) is 11.1. The van der Waals surface area contributed by atoms with Crippen molar-refractivity contribution >= 4 is 11.6 Å². The van der Waals surface area contributed by atoms with E-state index in [9.17, 15) is 4.79 Å². The van der Waals surface area contributed by atoms with Gasteiger partial charge in [-0.1, -0.05) is 30.3 Å². The Morgan fingerprint density at radius 1 is 1.32 bits per heavy atom. The fourth-order valence-corrected chi connectivity index (χ4v) is 1.89. The van der Waals surface area contributed by atoms with Crippen molar-refractivity contribution in [1.82, 2.24) is 10.3 Å². The molecule has 1 saturated heterocycles. The van der Waals surface area contributed by atoms with E-state index >= 15 is 0 Å². The van der Waals surface area contributed by atoms with Crippen LogP contribution in [-0.4, -0.2) is 49.4 Å². The fourth-order valence-electron chi connectivity index (χ4n) is 1.89. The molecule has 0 saturated carbocycles. The van der Waals surface area contributed by atoms with E-state index in [1.165, 1.54) is 0 Å². The summed E-state index contributed by atoms with van der Waals surface area (Å²) in [5.74, 6) is -0.0859. The predicted molar refractivity (Wildman–Crippen MR) is 74.1 cm³/mol. The van der Waals surface area contributed by atoms with Crippen molar-refractivity contribution in [2.75, 3.05) is 32.8 Å². The molecule has 2 rings (SSSR count). The number of nitrogens with zero attached hydrogens (tertiary/aromatic N) is 2. The highest BCUT2D eigenvalue weighted by Crippen LogP contribution is 2.00. The third kappa shape index (κ3) is 4.46. The second-order valence-corrected chi connectivity index (χ2v) is 4.49. The minimum atomic E-state index is -0.0859. The fraction of sp³-hybridized carbons (Fsp3) is 0.429. The summed E-state index contributed by atoms with van der Waals surface area (Å²) in [4.78, 5) is 13.8. The highest BCUT2D eigenvalue weighted by molar-refractivity contribution is 5.99. The zero-order chi connectivity index (χ0) is 13.5. The van der Waals surface area contributed by atoms with Gasteiger partial charge in [-0.05, 0) is 12.5 Å². The third-order valence-corrected chi connectivity index (χ3v) is 3.01. The van der Waals surface area contributed by atoms with Gasteiger partial charge < -0.3 is 4.74 Å². The normalized spacial score (nSPS) is 17.2. The maximum atomic E-state index is 11.7. The molecule has 1 fully saturated rings. The van der Waals surface area contributed by atoms with Crippen LogP contribution in [0.5, 0.6) is 0 Å². The smallest absolute Gasteiger partial charge is 0.254 e. The number of hydrazone groups is 1. The number of carbonyl (C=O) groups is 1. The van der Waals surface area contributed by atoms with Gasteiger partial charge >= 0.3 is 0 Å². The van der Waals surface area contributed by atoms with Gasteiger partial charge in [-0.15, -0.1) is 0 Å². The average molecular weight is 261 g/mol. The summed E-state index contributed by atoms with van der Waals surface area (Å²) >= 11 is 0. The van der Waals surface area contributed by atoms with E-state index < -0.39 is 0 Å². The second-order valence-electron chi connectivity index (χ2n) is 4.49. The molecule has 0 spiro atoms. The van der Waals surface area contributed by atoms with E-state index in [4.69, 9.17) is 4.74 Å². The molecule has 0 aromatic heterocycles. The Bertz CT molecular complexity index is 439. The molecular formula is C14H19N3O2. The van der Waals surface area contributed by atoms with Gasteiger partial charge in [0.2, 0.25) is 0 Å². The van der Waals surface area contributed by atoms with Crippen LogP contribution in [0, 0.1) is 0 Å². The van der Waals surface area contributed by atoms with Gasteiger partial charge in [0.1, 0.15) is 0 Å². The van der Waals surface area contributed by atoms with Crippen molar-refractivity contribution in [3.63, 3.8) is 0 Å². The Morgan fingerprint density at radius 3 is 2.68 bits per heavy atom. The molecule has 0 bridgehead atoms. The first kappa shape index (κ1) is 13.7. The maximum Gasteiger partial charge on any atom is 0.254 e. The number of nitrogens with one attached hydrogen (secondary N) is 1. The lowest BCUT2D eigenvalue weighted by Crippen LogP contribution is -2.42. The number of amides is 1. The summed E-state index contributed by atoms with van der Waals surface area (Å²) in [5, 5.41) is 4.12. The number of rotatable bonds is 4. The summed E-state index contributed by atoms with van der Waals surface area (Å²) in [7, 11) is 0. The van der Waals surface area contributed by atoms with Gasteiger partial charge in [0.15, 0.2) is 0 Å². The van der Waals surface area contributed by atoms with Crippen molar-refractivity contribution in [2.24, 2.45) is 5.10 Å². The van der Waals surface area contributed by atoms with Crippen LogP contribution in [-0.2, 0) is 9.53 Å². The van der Waals surface area contributed by atoms with Crippen LogP contribution >= 0.6 is 0 Å². The van der Waals surface area contributed by atoms with E-state index in [2.05, 4.69) is 15.4 Å². The Kier molecular flexibility index (Phi) is 5.06. The third-order valence-electron chi connectivity index (χ3n) is 3.01. The van der Waals surface area contributed by atoms with Crippen LogP contribution in [0.1, 0.15) is 12.5 Å². The number of hydrogen-bond donors (Lipinski definition) is 1.